The molecule has 2 rings (SSSR count). The van der Waals surface area contributed by atoms with Gasteiger partial charge in [-0.2, -0.15) is 0 Å². The molecule has 0 aromatic rings. The number of rotatable bonds is 4. The van der Waals surface area contributed by atoms with Gasteiger partial charge in [-0.05, 0) is 44.7 Å². The van der Waals surface area contributed by atoms with Gasteiger partial charge in [-0.15, -0.1) is 0 Å². The maximum atomic E-state index is 4.62. The van der Waals surface area contributed by atoms with E-state index in [-0.39, 0.29) is 0 Å². The minimum absolute atomic E-state index is 0.735. The SMILES string of the molecule is CC(CNC1=NCCCCC1)CN1CCCC1. The molecule has 3 nitrogen and oxygen atoms in total. The van der Waals surface area contributed by atoms with Crippen LogP contribution in [0.25, 0.3) is 0 Å². The Morgan fingerprint density at radius 3 is 2.82 bits per heavy atom. The van der Waals surface area contributed by atoms with E-state index in [1.54, 1.807) is 0 Å². The molecule has 17 heavy (non-hydrogen) atoms. The van der Waals surface area contributed by atoms with Gasteiger partial charge in [0, 0.05) is 26.1 Å². The number of amidine groups is 1. The molecule has 2 aliphatic rings. The number of nitrogens with one attached hydrogen (secondary N) is 1. The van der Waals surface area contributed by atoms with Crippen molar-refractivity contribution in [2.24, 2.45) is 10.9 Å². The van der Waals surface area contributed by atoms with Gasteiger partial charge in [-0.25, -0.2) is 0 Å². The van der Waals surface area contributed by atoms with Crippen molar-refractivity contribution >= 4 is 5.84 Å². The Labute approximate surface area is 106 Å². The molecule has 0 bridgehead atoms. The highest BCUT2D eigenvalue weighted by Crippen LogP contribution is 2.10. The Bertz CT molecular complexity index is 244. The quantitative estimate of drug-likeness (QED) is 0.812. The summed E-state index contributed by atoms with van der Waals surface area (Å²) in [6, 6.07) is 0. The second-order valence-electron chi connectivity index (χ2n) is 5.63. The Morgan fingerprint density at radius 1 is 1.18 bits per heavy atom. The third kappa shape index (κ3) is 4.66. The van der Waals surface area contributed by atoms with Gasteiger partial charge in [-0.1, -0.05) is 13.3 Å². The molecule has 0 aromatic heterocycles. The van der Waals surface area contributed by atoms with Crippen molar-refractivity contribution in [2.45, 2.75) is 45.4 Å². The zero-order chi connectivity index (χ0) is 11.9. The fourth-order valence-corrected chi connectivity index (χ4v) is 2.78. The smallest absolute Gasteiger partial charge is 0.0963 e. The van der Waals surface area contributed by atoms with Gasteiger partial charge < -0.3 is 10.2 Å². The second-order valence-corrected chi connectivity index (χ2v) is 5.63. The van der Waals surface area contributed by atoms with Crippen molar-refractivity contribution in [1.82, 2.24) is 10.2 Å². The van der Waals surface area contributed by atoms with Crippen LogP contribution < -0.4 is 5.32 Å². The Kier molecular flexibility index (Phi) is 5.30. The summed E-state index contributed by atoms with van der Waals surface area (Å²) in [4.78, 5) is 7.22. The molecule has 1 fully saturated rings. The lowest BCUT2D eigenvalue weighted by Gasteiger charge is -2.21. The molecule has 98 valence electrons. The van der Waals surface area contributed by atoms with Gasteiger partial charge in [0.05, 0.1) is 5.84 Å². The minimum Gasteiger partial charge on any atom is -0.374 e. The van der Waals surface area contributed by atoms with Gasteiger partial charge in [0.2, 0.25) is 0 Å². The van der Waals surface area contributed by atoms with E-state index in [1.165, 1.54) is 57.6 Å². The third-order valence-electron chi connectivity index (χ3n) is 3.80. The molecular formula is C14H27N3. The fourth-order valence-electron chi connectivity index (χ4n) is 2.78. The third-order valence-corrected chi connectivity index (χ3v) is 3.80. The molecule has 0 amide bonds. The van der Waals surface area contributed by atoms with Gasteiger partial charge >= 0.3 is 0 Å². The molecule has 1 atom stereocenters. The summed E-state index contributed by atoms with van der Waals surface area (Å²) in [6.45, 7) is 8.34. The van der Waals surface area contributed by atoms with Crippen LogP contribution in [0.5, 0.6) is 0 Å². The zero-order valence-electron chi connectivity index (χ0n) is 11.2. The molecule has 1 N–H and O–H groups in total. The lowest BCUT2D eigenvalue weighted by atomic mass is 10.1. The Morgan fingerprint density at radius 2 is 2.00 bits per heavy atom. The molecule has 0 spiro atoms. The van der Waals surface area contributed by atoms with Crippen LogP contribution in [0.3, 0.4) is 0 Å². The van der Waals surface area contributed by atoms with Crippen LogP contribution in [-0.2, 0) is 0 Å². The second kappa shape index (κ2) is 7.00. The van der Waals surface area contributed by atoms with E-state index >= 15 is 0 Å². The van der Waals surface area contributed by atoms with E-state index in [4.69, 9.17) is 0 Å². The average Bonchev–Trinajstić information content (AvgIpc) is 2.68. The number of likely N-dealkylation sites (tertiary alicyclic amines) is 1. The first-order valence-corrected chi connectivity index (χ1v) is 7.34. The summed E-state index contributed by atoms with van der Waals surface area (Å²) in [5.41, 5.74) is 0. The van der Waals surface area contributed by atoms with Crippen molar-refractivity contribution in [1.29, 1.82) is 0 Å². The summed E-state index contributed by atoms with van der Waals surface area (Å²) in [5, 5.41) is 3.56. The maximum Gasteiger partial charge on any atom is 0.0963 e. The maximum absolute atomic E-state index is 4.62. The largest absolute Gasteiger partial charge is 0.374 e. The van der Waals surface area contributed by atoms with E-state index in [0.717, 1.165) is 25.4 Å². The summed E-state index contributed by atoms with van der Waals surface area (Å²) < 4.78 is 0. The van der Waals surface area contributed by atoms with Gasteiger partial charge in [0.1, 0.15) is 0 Å². The predicted octanol–water partition coefficient (Wildman–Crippen LogP) is 2.28. The van der Waals surface area contributed by atoms with Crippen molar-refractivity contribution in [3.63, 3.8) is 0 Å². The topological polar surface area (TPSA) is 27.6 Å². The molecule has 1 saturated heterocycles. The van der Waals surface area contributed by atoms with Crippen LogP contribution in [-0.4, -0.2) is 43.5 Å². The Balaban J connectivity index is 1.64. The zero-order valence-corrected chi connectivity index (χ0v) is 11.2. The van der Waals surface area contributed by atoms with Gasteiger partial charge in [0.15, 0.2) is 0 Å². The molecule has 0 radical (unpaired) electrons. The highest BCUT2D eigenvalue weighted by molar-refractivity contribution is 5.82. The highest BCUT2D eigenvalue weighted by Gasteiger charge is 2.14. The normalized spacial score (nSPS) is 24.2. The van der Waals surface area contributed by atoms with Gasteiger partial charge in [-0.3, -0.25) is 4.99 Å². The van der Waals surface area contributed by atoms with E-state index < -0.39 is 0 Å². The van der Waals surface area contributed by atoms with Crippen molar-refractivity contribution in [2.75, 3.05) is 32.7 Å². The van der Waals surface area contributed by atoms with Crippen LogP contribution in [0.15, 0.2) is 4.99 Å². The van der Waals surface area contributed by atoms with Crippen molar-refractivity contribution in [3.8, 4) is 0 Å². The molecular weight excluding hydrogens is 210 g/mol. The average molecular weight is 237 g/mol. The first-order valence-electron chi connectivity index (χ1n) is 7.34. The summed E-state index contributed by atoms with van der Waals surface area (Å²) in [5.74, 6) is 2.00. The van der Waals surface area contributed by atoms with E-state index in [1.807, 2.05) is 0 Å². The first kappa shape index (κ1) is 12.9. The van der Waals surface area contributed by atoms with Crippen LogP contribution in [0.2, 0.25) is 0 Å². The fraction of sp³-hybridized carbons (Fsp3) is 0.929. The number of hydrogen-bond acceptors (Lipinski definition) is 3. The molecule has 2 heterocycles. The summed E-state index contributed by atoms with van der Waals surface area (Å²) in [6.07, 6.45) is 7.88. The standard InChI is InChI=1S/C14H27N3/c1-13(12-17-9-5-6-10-17)11-16-14-7-3-2-4-8-15-14/h13H,2-12H2,1H3,(H,15,16). The Hall–Kier alpha value is -0.570. The number of hydrogen-bond donors (Lipinski definition) is 1. The molecule has 1 unspecified atom stereocenters. The van der Waals surface area contributed by atoms with Crippen molar-refractivity contribution < 1.29 is 0 Å². The molecule has 0 aliphatic carbocycles. The van der Waals surface area contributed by atoms with Crippen LogP contribution in [0.1, 0.15) is 45.4 Å². The summed E-state index contributed by atoms with van der Waals surface area (Å²) >= 11 is 0. The molecule has 0 saturated carbocycles. The van der Waals surface area contributed by atoms with E-state index in [9.17, 15) is 0 Å². The van der Waals surface area contributed by atoms with E-state index in [2.05, 4.69) is 22.1 Å². The van der Waals surface area contributed by atoms with Crippen LogP contribution in [0, 0.1) is 5.92 Å². The molecule has 3 heteroatoms. The minimum atomic E-state index is 0.735. The van der Waals surface area contributed by atoms with Crippen LogP contribution >= 0.6 is 0 Å². The van der Waals surface area contributed by atoms with E-state index in [0.29, 0.717) is 0 Å². The number of nitrogens with zero attached hydrogens (tertiary/aromatic N) is 2. The lowest BCUT2D eigenvalue weighted by molar-refractivity contribution is 0.288. The first-order chi connectivity index (χ1) is 8.34. The monoisotopic (exact) mass is 237 g/mol. The van der Waals surface area contributed by atoms with Crippen molar-refractivity contribution in [3.05, 3.63) is 0 Å². The highest BCUT2D eigenvalue weighted by atomic mass is 15.1. The molecule has 2 aliphatic heterocycles. The molecule has 0 aromatic carbocycles. The predicted molar refractivity (Wildman–Crippen MR) is 73.6 cm³/mol. The van der Waals surface area contributed by atoms with Gasteiger partial charge in [0.25, 0.3) is 0 Å². The summed E-state index contributed by atoms with van der Waals surface area (Å²) in [7, 11) is 0. The number of aliphatic imine (C=N–C) groups is 1. The van der Waals surface area contributed by atoms with Crippen LogP contribution in [0.4, 0.5) is 0 Å². The lowest BCUT2D eigenvalue weighted by Crippen LogP contribution is -2.34.